The average molecular weight is 290 g/mol. The van der Waals surface area contributed by atoms with Crippen molar-refractivity contribution in [2.45, 2.75) is 39.2 Å². The first-order valence-electron chi connectivity index (χ1n) is 7.04. The van der Waals surface area contributed by atoms with Crippen LogP contribution >= 0.6 is 0 Å². The van der Waals surface area contributed by atoms with Crippen molar-refractivity contribution in [3.8, 4) is 11.8 Å². The second-order valence-corrected chi connectivity index (χ2v) is 4.91. The van der Waals surface area contributed by atoms with Crippen LogP contribution < -0.4 is 10.1 Å². The second kappa shape index (κ2) is 7.65. The van der Waals surface area contributed by atoms with E-state index in [0.29, 0.717) is 30.0 Å². The molecule has 1 rings (SSSR count). The van der Waals surface area contributed by atoms with Crippen LogP contribution in [-0.2, 0) is 9.53 Å². The van der Waals surface area contributed by atoms with Gasteiger partial charge in [0.25, 0.3) is 5.91 Å². The van der Waals surface area contributed by atoms with Crippen molar-refractivity contribution in [1.82, 2.24) is 0 Å². The molecule has 1 atom stereocenters. The van der Waals surface area contributed by atoms with Gasteiger partial charge in [-0.2, -0.15) is 5.26 Å². The van der Waals surface area contributed by atoms with Crippen molar-refractivity contribution in [2.24, 2.45) is 0 Å². The molecule has 0 heterocycles. The van der Waals surface area contributed by atoms with Crippen LogP contribution in [0, 0.1) is 11.3 Å². The zero-order valence-electron chi connectivity index (χ0n) is 13.0. The number of rotatable bonds is 7. The highest BCUT2D eigenvalue weighted by atomic mass is 16.5. The minimum atomic E-state index is -0.900. The summed E-state index contributed by atoms with van der Waals surface area (Å²) in [4.78, 5) is 12.4. The molecule has 1 aromatic carbocycles. The van der Waals surface area contributed by atoms with Crippen molar-refractivity contribution in [1.29, 1.82) is 5.26 Å². The molecule has 21 heavy (non-hydrogen) atoms. The zero-order chi connectivity index (χ0) is 15.9. The molecule has 0 aliphatic carbocycles. The number of amides is 1. The summed E-state index contributed by atoms with van der Waals surface area (Å²) in [7, 11) is 1.53. The number of methoxy groups -OCH3 is 1. The predicted octanol–water partition coefficient (Wildman–Crippen LogP) is 3.10. The molecule has 0 aliphatic heterocycles. The topological polar surface area (TPSA) is 71.3 Å². The van der Waals surface area contributed by atoms with Gasteiger partial charge in [-0.15, -0.1) is 0 Å². The Morgan fingerprint density at radius 3 is 2.67 bits per heavy atom. The smallest absolute Gasteiger partial charge is 0.256 e. The van der Waals surface area contributed by atoms with Crippen molar-refractivity contribution in [2.75, 3.05) is 19.0 Å². The van der Waals surface area contributed by atoms with E-state index in [-0.39, 0.29) is 5.91 Å². The molecule has 0 aliphatic rings. The van der Waals surface area contributed by atoms with Gasteiger partial charge in [0.05, 0.1) is 18.4 Å². The Hall–Kier alpha value is -2.06. The SMILES string of the molecule is CCCO[C@](C)(CC)C(=O)Nc1ccc(OC)cc1C#N. The molecule has 114 valence electrons. The van der Waals surface area contributed by atoms with Crippen LogP contribution in [0.3, 0.4) is 0 Å². The fourth-order valence-electron chi connectivity index (χ4n) is 1.76. The maximum atomic E-state index is 12.4. The van der Waals surface area contributed by atoms with Gasteiger partial charge in [-0.3, -0.25) is 4.79 Å². The van der Waals surface area contributed by atoms with Crippen molar-refractivity contribution < 1.29 is 14.3 Å². The molecule has 5 nitrogen and oxygen atoms in total. The van der Waals surface area contributed by atoms with E-state index in [0.717, 1.165) is 6.42 Å². The Bertz CT molecular complexity index is 537. The summed E-state index contributed by atoms with van der Waals surface area (Å²) in [6, 6.07) is 7.00. The lowest BCUT2D eigenvalue weighted by Gasteiger charge is -2.27. The summed E-state index contributed by atoms with van der Waals surface area (Å²) in [5.74, 6) is 0.324. The molecule has 5 heteroatoms. The van der Waals surface area contributed by atoms with Crippen LogP contribution in [0.1, 0.15) is 39.2 Å². The highest BCUT2D eigenvalue weighted by Gasteiger charge is 2.32. The van der Waals surface area contributed by atoms with Crippen molar-refractivity contribution >= 4 is 11.6 Å². The number of carbonyl (C=O) groups is 1. The van der Waals surface area contributed by atoms with E-state index in [1.165, 1.54) is 7.11 Å². The van der Waals surface area contributed by atoms with E-state index in [4.69, 9.17) is 14.7 Å². The van der Waals surface area contributed by atoms with Crippen LogP contribution in [0.5, 0.6) is 5.75 Å². The van der Waals surface area contributed by atoms with Crippen molar-refractivity contribution in [3.05, 3.63) is 23.8 Å². The lowest BCUT2D eigenvalue weighted by Crippen LogP contribution is -2.42. The maximum Gasteiger partial charge on any atom is 0.256 e. The molecular formula is C16H22N2O3. The third-order valence-corrected chi connectivity index (χ3v) is 3.38. The second-order valence-electron chi connectivity index (χ2n) is 4.91. The molecule has 0 saturated carbocycles. The largest absolute Gasteiger partial charge is 0.497 e. The van der Waals surface area contributed by atoms with E-state index >= 15 is 0 Å². The van der Waals surface area contributed by atoms with E-state index in [1.54, 1.807) is 25.1 Å². The first-order valence-corrected chi connectivity index (χ1v) is 7.04. The van der Waals surface area contributed by atoms with Gasteiger partial charge in [-0.25, -0.2) is 0 Å². The molecule has 0 spiro atoms. The number of hydrogen-bond acceptors (Lipinski definition) is 4. The van der Waals surface area contributed by atoms with Gasteiger partial charge in [-0.05, 0) is 38.0 Å². The first-order chi connectivity index (χ1) is 10.0. The highest BCUT2D eigenvalue weighted by molar-refractivity contribution is 5.98. The third-order valence-electron chi connectivity index (χ3n) is 3.38. The molecule has 1 amide bonds. The normalized spacial score (nSPS) is 13.1. The van der Waals surface area contributed by atoms with Gasteiger partial charge in [0.15, 0.2) is 0 Å². The summed E-state index contributed by atoms with van der Waals surface area (Å²) < 4.78 is 10.7. The summed E-state index contributed by atoms with van der Waals surface area (Å²) >= 11 is 0. The highest BCUT2D eigenvalue weighted by Crippen LogP contribution is 2.24. The minimum absolute atomic E-state index is 0.250. The monoisotopic (exact) mass is 290 g/mol. The Balaban J connectivity index is 2.94. The van der Waals surface area contributed by atoms with Crippen LogP contribution in [0.4, 0.5) is 5.69 Å². The zero-order valence-corrected chi connectivity index (χ0v) is 13.0. The fraction of sp³-hybridized carbons (Fsp3) is 0.500. The van der Waals surface area contributed by atoms with Gasteiger partial charge >= 0.3 is 0 Å². The standard InChI is InChI=1S/C16H22N2O3/c1-5-9-21-16(3,6-2)15(19)18-14-8-7-13(20-4)10-12(14)11-17/h7-8,10H,5-6,9H2,1-4H3,(H,18,19)/t16-/m1/s1. The number of hydrogen-bond donors (Lipinski definition) is 1. The Labute approximate surface area is 125 Å². The molecule has 1 aromatic rings. The molecule has 0 unspecified atom stereocenters. The molecule has 0 saturated heterocycles. The van der Waals surface area contributed by atoms with Crippen molar-refractivity contribution in [3.63, 3.8) is 0 Å². The fourth-order valence-corrected chi connectivity index (χ4v) is 1.76. The number of nitrogens with zero attached hydrogens (tertiary/aromatic N) is 1. The third kappa shape index (κ3) is 4.20. The number of nitriles is 1. The number of benzene rings is 1. The van der Waals surface area contributed by atoms with Crippen LogP contribution in [0.25, 0.3) is 0 Å². The quantitative estimate of drug-likeness (QED) is 0.837. The Kier molecular flexibility index (Phi) is 6.19. The number of nitrogens with one attached hydrogen (secondary N) is 1. The number of anilines is 1. The molecule has 0 radical (unpaired) electrons. The van der Waals surface area contributed by atoms with Gasteiger partial charge in [-0.1, -0.05) is 13.8 Å². The van der Waals surface area contributed by atoms with Crippen LogP contribution in [0.15, 0.2) is 18.2 Å². The predicted molar refractivity (Wildman–Crippen MR) is 81.3 cm³/mol. The van der Waals surface area contributed by atoms with E-state index < -0.39 is 5.60 Å². The summed E-state index contributed by atoms with van der Waals surface area (Å²) in [5.41, 5.74) is -0.0810. The summed E-state index contributed by atoms with van der Waals surface area (Å²) in [5, 5.41) is 11.9. The lowest BCUT2D eigenvalue weighted by molar-refractivity contribution is -0.139. The minimum Gasteiger partial charge on any atom is -0.497 e. The van der Waals surface area contributed by atoms with Gasteiger partial charge in [0.2, 0.25) is 0 Å². The average Bonchev–Trinajstić information content (AvgIpc) is 2.52. The van der Waals surface area contributed by atoms with E-state index in [2.05, 4.69) is 11.4 Å². The van der Waals surface area contributed by atoms with Gasteiger partial charge < -0.3 is 14.8 Å². The Morgan fingerprint density at radius 1 is 1.43 bits per heavy atom. The van der Waals surface area contributed by atoms with Crippen LogP contribution in [0.2, 0.25) is 0 Å². The maximum absolute atomic E-state index is 12.4. The lowest BCUT2D eigenvalue weighted by atomic mass is 10.0. The van der Waals surface area contributed by atoms with Gasteiger partial charge in [0, 0.05) is 6.61 Å². The molecular weight excluding hydrogens is 268 g/mol. The molecule has 0 fully saturated rings. The van der Waals surface area contributed by atoms with E-state index in [1.807, 2.05) is 13.8 Å². The molecule has 0 bridgehead atoms. The first kappa shape index (κ1) is 17.0. The van der Waals surface area contributed by atoms with E-state index in [9.17, 15) is 4.79 Å². The van der Waals surface area contributed by atoms with Crippen LogP contribution in [-0.4, -0.2) is 25.2 Å². The summed E-state index contributed by atoms with van der Waals surface area (Å²) in [6.07, 6.45) is 1.39. The van der Waals surface area contributed by atoms with Gasteiger partial charge in [0.1, 0.15) is 17.4 Å². The Morgan fingerprint density at radius 2 is 2.14 bits per heavy atom. The number of carbonyl (C=O) groups excluding carboxylic acids is 1. The molecule has 1 N–H and O–H groups in total. The molecule has 0 aromatic heterocycles. The number of ether oxygens (including phenoxy) is 2. The summed E-state index contributed by atoms with van der Waals surface area (Å²) in [6.45, 7) is 6.17.